The second kappa shape index (κ2) is 2.45. The average molecular weight is 186 g/mol. The molecule has 0 aliphatic heterocycles. The van der Waals surface area contributed by atoms with Crippen LogP contribution in [-0.2, 0) is 0 Å². The van der Waals surface area contributed by atoms with Crippen LogP contribution < -0.4 is 4.73 Å². The van der Waals surface area contributed by atoms with Crippen molar-refractivity contribution in [2.75, 3.05) is 0 Å². The third-order valence-corrected chi connectivity index (χ3v) is 2.19. The Morgan fingerprint density at radius 1 is 1.21 bits per heavy atom. The second-order valence-corrected chi connectivity index (χ2v) is 3.06. The Balaban J connectivity index is 2.58. The zero-order valence-electron chi connectivity index (χ0n) is 7.18. The molecule has 0 N–H and O–H groups in total. The molecule has 3 aromatic rings. The van der Waals surface area contributed by atoms with E-state index in [9.17, 15) is 5.21 Å². The Labute approximate surface area is 79.0 Å². The standard InChI is InChI=1S/C10H6N2O2/c13-12-4-2-9-8(6-12)7-1-3-11-5-10(7)14-9/h1-6H. The van der Waals surface area contributed by atoms with E-state index in [1.807, 2.05) is 6.07 Å². The fourth-order valence-electron chi connectivity index (χ4n) is 1.56. The summed E-state index contributed by atoms with van der Waals surface area (Å²) >= 11 is 0. The van der Waals surface area contributed by atoms with E-state index < -0.39 is 0 Å². The molecule has 4 nitrogen and oxygen atoms in total. The van der Waals surface area contributed by atoms with Gasteiger partial charge in [0.25, 0.3) is 0 Å². The maximum absolute atomic E-state index is 11.1. The molecule has 0 aromatic carbocycles. The minimum atomic E-state index is 0.703. The van der Waals surface area contributed by atoms with E-state index >= 15 is 0 Å². The highest BCUT2D eigenvalue weighted by Gasteiger charge is 2.08. The molecule has 14 heavy (non-hydrogen) atoms. The molecular weight excluding hydrogens is 180 g/mol. The Morgan fingerprint density at radius 3 is 3.07 bits per heavy atom. The molecule has 0 spiro atoms. The second-order valence-electron chi connectivity index (χ2n) is 3.06. The van der Waals surface area contributed by atoms with Crippen molar-refractivity contribution in [2.45, 2.75) is 0 Å². The molecule has 4 heteroatoms. The van der Waals surface area contributed by atoms with E-state index in [-0.39, 0.29) is 0 Å². The van der Waals surface area contributed by atoms with Crippen molar-refractivity contribution in [1.29, 1.82) is 0 Å². The van der Waals surface area contributed by atoms with Crippen LogP contribution in [0.5, 0.6) is 0 Å². The van der Waals surface area contributed by atoms with Crippen molar-refractivity contribution in [1.82, 2.24) is 4.98 Å². The molecule has 0 aliphatic carbocycles. The topological polar surface area (TPSA) is 53.0 Å². The van der Waals surface area contributed by atoms with Crippen LogP contribution in [-0.4, -0.2) is 4.98 Å². The summed E-state index contributed by atoms with van der Waals surface area (Å²) in [6.45, 7) is 0. The first-order valence-electron chi connectivity index (χ1n) is 4.19. The fourth-order valence-corrected chi connectivity index (χ4v) is 1.56. The molecule has 0 amide bonds. The van der Waals surface area contributed by atoms with Gasteiger partial charge >= 0.3 is 0 Å². The molecule has 0 atom stereocenters. The molecule has 0 radical (unpaired) electrons. The van der Waals surface area contributed by atoms with Crippen molar-refractivity contribution in [3.05, 3.63) is 42.1 Å². The molecule has 0 unspecified atom stereocenters. The van der Waals surface area contributed by atoms with Crippen molar-refractivity contribution in [2.24, 2.45) is 0 Å². The number of hydrogen-bond donors (Lipinski definition) is 0. The lowest BCUT2D eigenvalue weighted by Crippen LogP contribution is -2.23. The number of fused-ring (bicyclic) bond motifs is 3. The van der Waals surface area contributed by atoms with Gasteiger partial charge in [0, 0.05) is 17.6 Å². The summed E-state index contributed by atoms with van der Waals surface area (Å²) in [5, 5.41) is 12.8. The average Bonchev–Trinajstić information content (AvgIpc) is 2.56. The van der Waals surface area contributed by atoms with Crippen LogP contribution in [0.3, 0.4) is 0 Å². The molecule has 0 saturated heterocycles. The largest absolute Gasteiger partial charge is 0.619 e. The summed E-state index contributed by atoms with van der Waals surface area (Å²) in [4.78, 5) is 3.95. The van der Waals surface area contributed by atoms with Gasteiger partial charge in [-0.05, 0) is 6.07 Å². The molecule has 0 aliphatic rings. The molecule has 0 saturated carbocycles. The maximum atomic E-state index is 11.1. The third-order valence-electron chi connectivity index (χ3n) is 2.19. The predicted octanol–water partition coefficient (Wildman–Crippen LogP) is 1.61. The van der Waals surface area contributed by atoms with E-state index in [0.29, 0.717) is 11.2 Å². The summed E-state index contributed by atoms with van der Waals surface area (Å²) in [6, 6.07) is 3.49. The smallest absolute Gasteiger partial charge is 0.192 e. The van der Waals surface area contributed by atoms with Gasteiger partial charge in [0.2, 0.25) is 0 Å². The van der Waals surface area contributed by atoms with Crippen LogP contribution in [0.4, 0.5) is 0 Å². The molecule has 0 fully saturated rings. The Bertz CT molecular complexity index is 616. The van der Waals surface area contributed by atoms with Gasteiger partial charge in [0.1, 0.15) is 5.58 Å². The van der Waals surface area contributed by atoms with Gasteiger partial charge in [-0.25, -0.2) is 0 Å². The van der Waals surface area contributed by atoms with Gasteiger partial charge in [-0.3, -0.25) is 4.98 Å². The first-order valence-corrected chi connectivity index (χ1v) is 4.19. The van der Waals surface area contributed by atoms with Crippen LogP contribution in [0.15, 0.2) is 41.3 Å². The van der Waals surface area contributed by atoms with Crippen LogP contribution in [0.2, 0.25) is 0 Å². The van der Waals surface area contributed by atoms with E-state index in [0.717, 1.165) is 15.5 Å². The summed E-state index contributed by atoms with van der Waals surface area (Å²) in [5.74, 6) is 0. The van der Waals surface area contributed by atoms with E-state index in [1.165, 1.54) is 12.4 Å². The molecule has 3 rings (SSSR count). The summed E-state index contributed by atoms with van der Waals surface area (Å²) in [7, 11) is 0. The zero-order chi connectivity index (χ0) is 9.54. The lowest BCUT2D eigenvalue weighted by Gasteiger charge is -1.92. The highest BCUT2D eigenvalue weighted by Crippen LogP contribution is 2.25. The quantitative estimate of drug-likeness (QED) is 0.396. The summed E-state index contributed by atoms with van der Waals surface area (Å²) in [5.41, 5.74) is 1.41. The molecule has 3 aromatic heterocycles. The van der Waals surface area contributed by atoms with Crippen LogP contribution in [0, 0.1) is 5.21 Å². The molecule has 3 heterocycles. The van der Waals surface area contributed by atoms with Crippen LogP contribution in [0.1, 0.15) is 0 Å². The highest BCUT2D eigenvalue weighted by atomic mass is 16.5. The van der Waals surface area contributed by atoms with E-state index in [1.54, 1.807) is 18.5 Å². The first kappa shape index (κ1) is 7.32. The van der Waals surface area contributed by atoms with Crippen molar-refractivity contribution in [3.63, 3.8) is 0 Å². The third kappa shape index (κ3) is 0.877. The number of furan rings is 1. The highest BCUT2D eigenvalue weighted by molar-refractivity contribution is 6.03. The Hall–Kier alpha value is -2.10. The number of rotatable bonds is 0. The number of aromatic nitrogens is 2. The molecule has 68 valence electrons. The van der Waals surface area contributed by atoms with Gasteiger partial charge in [-0.1, -0.05) is 0 Å². The maximum Gasteiger partial charge on any atom is 0.192 e. The van der Waals surface area contributed by atoms with Gasteiger partial charge in [-0.2, -0.15) is 4.73 Å². The zero-order valence-corrected chi connectivity index (χ0v) is 7.18. The van der Waals surface area contributed by atoms with Crippen LogP contribution in [0.25, 0.3) is 21.9 Å². The monoisotopic (exact) mass is 186 g/mol. The fraction of sp³-hybridized carbons (Fsp3) is 0. The minimum absolute atomic E-state index is 0.703. The Kier molecular flexibility index (Phi) is 1.28. The normalized spacial score (nSPS) is 11.1. The summed E-state index contributed by atoms with van der Waals surface area (Å²) < 4.78 is 6.25. The van der Waals surface area contributed by atoms with Gasteiger partial charge in [0.05, 0.1) is 11.6 Å². The lowest BCUT2D eigenvalue weighted by molar-refractivity contribution is -0.603. The summed E-state index contributed by atoms with van der Waals surface area (Å²) in [6.07, 6.45) is 6.24. The number of nitrogens with zero attached hydrogens (tertiary/aromatic N) is 2. The predicted molar refractivity (Wildman–Crippen MR) is 50.5 cm³/mol. The molecular formula is C10H6N2O2. The van der Waals surface area contributed by atoms with E-state index in [2.05, 4.69) is 4.98 Å². The van der Waals surface area contributed by atoms with Crippen LogP contribution >= 0.6 is 0 Å². The van der Waals surface area contributed by atoms with Gasteiger partial charge in [0.15, 0.2) is 18.0 Å². The van der Waals surface area contributed by atoms with Crippen molar-refractivity contribution < 1.29 is 9.15 Å². The molecule has 0 bridgehead atoms. The lowest BCUT2D eigenvalue weighted by atomic mass is 10.2. The number of pyridine rings is 2. The number of hydrogen-bond acceptors (Lipinski definition) is 3. The van der Waals surface area contributed by atoms with Crippen molar-refractivity contribution in [3.8, 4) is 0 Å². The van der Waals surface area contributed by atoms with Crippen molar-refractivity contribution >= 4 is 21.9 Å². The van der Waals surface area contributed by atoms with E-state index in [4.69, 9.17) is 4.42 Å². The Morgan fingerprint density at radius 2 is 2.14 bits per heavy atom. The van der Waals surface area contributed by atoms with Gasteiger partial charge < -0.3 is 9.62 Å². The van der Waals surface area contributed by atoms with Gasteiger partial charge in [-0.15, -0.1) is 0 Å². The first-order chi connectivity index (χ1) is 6.84. The minimum Gasteiger partial charge on any atom is -0.619 e. The SMILES string of the molecule is [O-][n+]1ccc2oc3cnccc3c2c1.